The molecule has 4 heteroatoms. The summed E-state index contributed by atoms with van der Waals surface area (Å²) in [5.74, 6) is 0. The lowest BCUT2D eigenvalue weighted by Crippen LogP contribution is -2.34. The maximum absolute atomic E-state index is 3.47. The van der Waals surface area contributed by atoms with Crippen molar-refractivity contribution >= 4 is 22.7 Å². The van der Waals surface area contributed by atoms with Crippen LogP contribution in [-0.4, -0.2) is 19.1 Å². The van der Waals surface area contributed by atoms with Crippen molar-refractivity contribution < 1.29 is 0 Å². The second-order valence-corrected chi connectivity index (χ2v) is 5.89. The van der Waals surface area contributed by atoms with Gasteiger partial charge in [-0.25, -0.2) is 10.4 Å². The van der Waals surface area contributed by atoms with E-state index in [2.05, 4.69) is 40.5 Å². The zero-order valence-electron chi connectivity index (χ0n) is 9.51. The maximum atomic E-state index is 3.47. The summed E-state index contributed by atoms with van der Waals surface area (Å²) in [4.78, 5) is 2.81. The molecule has 0 aliphatic rings. The molecule has 0 amide bonds. The van der Waals surface area contributed by atoms with E-state index in [-0.39, 0.29) is 0 Å². The molecule has 0 saturated heterocycles. The molecule has 1 unspecified atom stereocenters. The number of hydrogen-bond donors (Lipinski definition) is 1. The summed E-state index contributed by atoms with van der Waals surface area (Å²) in [6.45, 7) is 0. The highest BCUT2D eigenvalue weighted by atomic mass is 32.1. The Bertz CT molecular complexity index is 393. The molecule has 1 atom stereocenters. The number of hydrogen-bond acceptors (Lipinski definition) is 4. The van der Waals surface area contributed by atoms with Crippen molar-refractivity contribution in [3.05, 3.63) is 44.8 Å². The van der Waals surface area contributed by atoms with Crippen LogP contribution in [0.1, 0.15) is 15.8 Å². The van der Waals surface area contributed by atoms with Gasteiger partial charge in [0.05, 0.1) is 6.04 Å². The molecule has 2 nitrogen and oxygen atoms in total. The third-order valence-electron chi connectivity index (χ3n) is 2.29. The van der Waals surface area contributed by atoms with E-state index in [1.165, 1.54) is 9.75 Å². The van der Waals surface area contributed by atoms with E-state index in [0.717, 1.165) is 6.42 Å². The van der Waals surface area contributed by atoms with Crippen LogP contribution in [0, 0.1) is 0 Å². The average molecular weight is 252 g/mol. The Morgan fingerprint density at radius 2 is 1.94 bits per heavy atom. The van der Waals surface area contributed by atoms with Gasteiger partial charge in [-0.2, -0.15) is 0 Å². The first-order chi connectivity index (χ1) is 7.75. The summed E-state index contributed by atoms with van der Waals surface area (Å²) in [7, 11) is 4.07. The maximum Gasteiger partial charge on any atom is 0.0605 e. The molecule has 0 fully saturated rings. The van der Waals surface area contributed by atoms with E-state index in [1.54, 1.807) is 0 Å². The number of hydrazine groups is 1. The zero-order valence-corrected chi connectivity index (χ0v) is 11.1. The molecule has 0 aliphatic heterocycles. The molecule has 0 aromatic carbocycles. The fourth-order valence-electron chi connectivity index (χ4n) is 1.64. The molecule has 2 aromatic rings. The molecule has 2 heterocycles. The predicted octanol–water partition coefficient (Wildman–Crippen LogP) is 3.16. The van der Waals surface area contributed by atoms with Crippen molar-refractivity contribution in [3.63, 3.8) is 0 Å². The largest absolute Gasteiger partial charge is 0.250 e. The number of nitrogens with zero attached hydrogens (tertiary/aromatic N) is 1. The van der Waals surface area contributed by atoms with Gasteiger partial charge in [-0.15, -0.1) is 22.7 Å². The van der Waals surface area contributed by atoms with Crippen LogP contribution in [0.25, 0.3) is 0 Å². The van der Waals surface area contributed by atoms with Crippen LogP contribution in [0.15, 0.2) is 35.0 Å². The van der Waals surface area contributed by atoms with Crippen LogP contribution >= 0.6 is 22.7 Å². The van der Waals surface area contributed by atoms with Crippen LogP contribution in [0.3, 0.4) is 0 Å². The molecule has 0 aliphatic carbocycles. The summed E-state index contributed by atoms with van der Waals surface area (Å²) in [5.41, 5.74) is 3.47. The first-order valence-electron chi connectivity index (χ1n) is 5.25. The second kappa shape index (κ2) is 5.59. The van der Waals surface area contributed by atoms with Gasteiger partial charge < -0.3 is 0 Å². The highest BCUT2D eigenvalue weighted by Gasteiger charge is 2.14. The predicted molar refractivity (Wildman–Crippen MR) is 71.9 cm³/mol. The molecule has 16 heavy (non-hydrogen) atoms. The summed E-state index contributed by atoms with van der Waals surface area (Å²) in [5, 5.41) is 6.29. The van der Waals surface area contributed by atoms with E-state index in [0.29, 0.717) is 6.04 Å². The van der Waals surface area contributed by atoms with Gasteiger partial charge in [-0.05, 0) is 22.9 Å². The molecule has 0 radical (unpaired) electrons. The molecule has 0 saturated carbocycles. The Hall–Kier alpha value is -0.680. The molecular formula is C12H16N2S2. The van der Waals surface area contributed by atoms with E-state index < -0.39 is 0 Å². The van der Waals surface area contributed by atoms with Gasteiger partial charge in [0.1, 0.15) is 0 Å². The SMILES string of the molecule is CN(C)NC(Cc1cccs1)c1cccs1. The Morgan fingerprint density at radius 3 is 2.50 bits per heavy atom. The van der Waals surface area contributed by atoms with Gasteiger partial charge in [0.15, 0.2) is 0 Å². The third-order valence-corrected chi connectivity index (χ3v) is 4.17. The van der Waals surface area contributed by atoms with Gasteiger partial charge in [-0.3, -0.25) is 0 Å². The third kappa shape index (κ3) is 3.15. The van der Waals surface area contributed by atoms with Gasteiger partial charge in [0.2, 0.25) is 0 Å². The normalized spacial score (nSPS) is 13.2. The fourth-order valence-corrected chi connectivity index (χ4v) is 3.16. The fraction of sp³-hybridized carbons (Fsp3) is 0.333. The minimum absolute atomic E-state index is 0.383. The number of nitrogens with one attached hydrogen (secondary N) is 1. The summed E-state index contributed by atoms with van der Waals surface area (Å²) >= 11 is 3.63. The van der Waals surface area contributed by atoms with Crippen molar-refractivity contribution in [2.24, 2.45) is 0 Å². The van der Waals surface area contributed by atoms with Crippen molar-refractivity contribution in [1.29, 1.82) is 0 Å². The first-order valence-corrected chi connectivity index (χ1v) is 7.01. The van der Waals surface area contributed by atoms with E-state index in [1.807, 2.05) is 41.8 Å². The average Bonchev–Trinajstić information content (AvgIpc) is 2.88. The van der Waals surface area contributed by atoms with Crippen molar-refractivity contribution in [2.45, 2.75) is 12.5 Å². The zero-order chi connectivity index (χ0) is 11.4. The molecule has 1 N–H and O–H groups in total. The summed E-state index contributed by atoms with van der Waals surface area (Å²) < 4.78 is 0. The first kappa shape index (κ1) is 11.8. The molecular weight excluding hydrogens is 236 g/mol. The molecule has 86 valence electrons. The smallest absolute Gasteiger partial charge is 0.0605 e. The minimum Gasteiger partial charge on any atom is -0.250 e. The Kier molecular flexibility index (Phi) is 4.12. The van der Waals surface area contributed by atoms with Crippen molar-refractivity contribution in [1.82, 2.24) is 10.4 Å². The van der Waals surface area contributed by atoms with Crippen LogP contribution < -0.4 is 5.43 Å². The van der Waals surface area contributed by atoms with Gasteiger partial charge in [0.25, 0.3) is 0 Å². The number of rotatable bonds is 5. The standard InChI is InChI=1S/C12H16N2S2/c1-14(2)13-11(12-6-4-8-16-12)9-10-5-3-7-15-10/h3-8,11,13H,9H2,1-2H3. The Morgan fingerprint density at radius 1 is 1.19 bits per heavy atom. The highest BCUT2D eigenvalue weighted by Crippen LogP contribution is 2.24. The molecule has 2 aromatic heterocycles. The lowest BCUT2D eigenvalue weighted by Gasteiger charge is -2.21. The van der Waals surface area contributed by atoms with Crippen LogP contribution in [0.2, 0.25) is 0 Å². The quantitative estimate of drug-likeness (QED) is 0.822. The van der Waals surface area contributed by atoms with E-state index in [4.69, 9.17) is 0 Å². The van der Waals surface area contributed by atoms with Crippen LogP contribution in [-0.2, 0) is 6.42 Å². The molecule has 0 bridgehead atoms. The van der Waals surface area contributed by atoms with E-state index >= 15 is 0 Å². The Labute approximate surface area is 105 Å². The van der Waals surface area contributed by atoms with Crippen molar-refractivity contribution in [2.75, 3.05) is 14.1 Å². The van der Waals surface area contributed by atoms with Gasteiger partial charge in [0, 0.05) is 30.3 Å². The van der Waals surface area contributed by atoms with Crippen LogP contribution in [0.4, 0.5) is 0 Å². The minimum atomic E-state index is 0.383. The van der Waals surface area contributed by atoms with Crippen molar-refractivity contribution in [3.8, 4) is 0 Å². The summed E-state index contributed by atoms with van der Waals surface area (Å²) in [6.07, 6.45) is 1.05. The molecule has 2 rings (SSSR count). The van der Waals surface area contributed by atoms with Gasteiger partial charge in [-0.1, -0.05) is 12.1 Å². The lowest BCUT2D eigenvalue weighted by atomic mass is 10.1. The Balaban J connectivity index is 2.09. The topological polar surface area (TPSA) is 15.3 Å². The van der Waals surface area contributed by atoms with Gasteiger partial charge >= 0.3 is 0 Å². The second-order valence-electron chi connectivity index (χ2n) is 3.88. The summed E-state index contributed by atoms with van der Waals surface area (Å²) in [6, 6.07) is 9.00. The van der Waals surface area contributed by atoms with Crippen LogP contribution in [0.5, 0.6) is 0 Å². The monoisotopic (exact) mass is 252 g/mol. The molecule has 0 spiro atoms. The number of thiophene rings is 2. The lowest BCUT2D eigenvalue weighted by molar-refractivity contribution is 0.244. The van der Waals surface area contributed by atoms with E-state index in [9.17, 15) is 0 Å². The highest BCUT2D eigenvalue weighted by molar-refractivity contribution is 7.10.